The van der Waals surface area contributed by atoms with Gasteiger partial charge >= 0.3 is 5.97 Å². The van der Waals surface area contributed by atoms with Gasteiger partial charge in [-0.05, 0) is 23.8 Å². The molecule has 0 fully saturated rings. The first-order chi connectivity index (χ1) is 12.8. The molecule has 2 rings (SSSR count). The van der Waals surface area contributed by atoms with E-state index in [-0.39, 0.29) is 17.9 Å². The fourth-order valence-electron chi connectivity index (χ4n) is 2.35. The second kappa shape index (κ2) is 9.18. The minimum absolute atomic E-state index is 0.103. The third-order valence-electron chi connectivity index (χ3n) is 3.62. The molecule has 2 aromatic carbocycles. The molecule has 1 N–H and O–H groups in total. The molecule has 2 aromatic rings. The van der Waals surface area contributed by atoms with Crippen LogP contribution in [-0.4, -0.2) is 40.3 Å². The molecule has 1 amide bonds. The van der Waals surface area contributed by atoms with E-state index in [1.807, 2.05) is 18.2 Å². The van der Waals surface area contributed by atoms with Crippen molar-refractivity contribution in [3.8, 4) is 5.75 Å². The number of hydrogen-bond acceptors (Lipinski definition) is 6. The van der Waals surface area contributed by atoms with Crippen LogP contribution in [0.15, 0.2) is 48.5 Å². The molecule has 0 aliphatic heterocycles. The summed E-state index contributed by atoms with van der Waals surface area (Å²) >= 11 is 0. The van der Waals surface area contributed by atoms with E-state index in [1.54, 1.807) is 25.3 Å². The Morgan fingerprint density at radius 3 is 2.33 bits per heavy atom. The normalized spacial score (nSPS) is 10.9. The quantitative estimate of drug-likeness (QED) is 0.688. The van der Waals surface area contributed by atoms with Gasteiger partial charge < -0.3 is 14.8 Å². The maximum Gasteiger partial charge on any atom is 0.338 e. The predicted octanol–water partition coefficient (Wildman–Crippen LogP) is 1.71. The first kappa shape index (κ1) is 20.4. The Bertz CT molecular complexity index is 906. The van der Waals surface area contributed by atoms with Crippen molar-refractivity contribution in [2.45, 2.75) is 12.3 Å². The van der Waals surface area contributed by atoms with Crippen molar-refractivity contribution in [1.29, 1.82) is 0 Å². The zero-order valence-corrected chi connectivity index (χ0v) is 15.9. The van der Waals surface area contributed by atoms with E-state index in [1.165, 1.54) is 12.1 Å². The molecule has 0 aliphatic rings. The van der Waals surface area contributed by atoms with Gasteiger partial charge in [0.15, 0.2) is 16.4 Å². The Hall–Kier alpha value is -2.87. The minimum atomic E-state index is -3.14. The van der Waals surface area contributed by atoms with Gasteiger partial charge in [-0.3, -0.25) is 4.79 Å². The van der Waals surface area contributed by atoms with Crippen LogP contribution in [0.25, 0.3) is 0 Å². The predicted molar refractivity (Wildman–Crippen MR) is 100 cm³/mol. The summed E-state index contributed by atoms with van der Waals surface area (Å²) in [4.78, 5) is 23.8. The summed E-state index contributed by atoms with van der Waals surface area (Å²) in [5.74, 6) is -0.548. The molecule has 0 saturated carbocycles. The van der Waals surface area contributed by atoms with E-state index in [0.29, 0.717) is 11.3 Å². The second-order valence-electron chi connectivity index (χ2n) is 5.93. The van der Waals surface area contributed by atoms with Crippen molar-refractivity contribution >= 4 is 21.7 Å². The van der Waals surface area contributed by atoms with Crippen molar-refractivity contribution in [2.24, 2.45) is 0 Å². The van der Waals surface area contributed by atoms with Crippen molar-refractivity contribution in [3.05, 3.63) is 65.2 Å². The number of esters is 1. The summed E-state index contributed by atoms with van der Waals surface area (Å²) in [6.07, 6.45) is 1.14. The summed E-state index contributed by atoms with van der Waals surface area (Å²) in [5, 5.41) is 2.65. The fraction of sp³-hybridized carbons (Fsp3) is 0.263. The highest BCUT2D eigenvalue weighted by Gasteiger charge is 2.12. The molecule has 0 atom stereocenters. The van der Waals surface area contributed by atoms with Crippen LogP contribution < -0.4 is 10.1 Å². The Labute approximate surface area is 158 Å². The third-order valence-corrected chi connectivity index (χ3v) is 4.48. The molecule has 144 valence electrons. The van der Waals surface area contributed by atoms with E-state index in [0.717, 1.165) is 11.8 Å². The Balaban J connectivity index is 1.83. The summed E-state index contributed by atoms with van der Waals surface area (Å²) in [6.45, 7) is -0.167. The molecule has 0 spiro atoms. The average molecular weight is 391 g/mol. The molecular weight excluding hydrogens is 370 g/mol. The highest BCUT2D eigenvalue weighted by Crippen LogP contribution is 2.16. The van der Waals surface area contributed by atoms with Crippen LogP contribution in [0.3, 0.4) is 0 Å². The van der Waals surface area contributed by atoms with Crippen LogP contribution in [0.5, 0.6) is 5.75 Å². The number of methoxy groups -OCH3 is 1. The number of para-hydroxylation sites is 1. The van der Waals surface area contributed by atoms with E-state index in [9.17, 15) is 18.0 Å². The maximum absolute atomic E-state index is 12.0. The van der Waals surface area contributed by atoms with Gasteiger partial charge in [-0.25, -0.2) is 13.2 Å². The molecule has 0 radical (unpaired) electrons. The lowest BCUT2D eigenvalue weighted by Gasteiger charge is -2.10. The lowest BCUT2D eigenvalue weighted by atomic mass is 10.1. The summed E-state index contributed by atoms with van der Waals surface area (Å²) in [7, 11) is -1.60. The van der Waals surface area contributed by atoms with Gasteiger partial charge in [0.05, 0.1) is 18.4 Å². The van der Waals surface area contributed by atoms with Crippen LogP contribution in [0.1, 0.15) is 21.5 Å². The Kier molecular flexibility index (Phi) is 6.95. The van der Waals surface area contributed by atoms with Crippen molar-refractivity contribution in [2.75, 3.05) is 20.0 Å². The molecule has 0 saturated heterocycles. The van der Waals surface area contributed by atoms with E-state index >= 15 is 0 Å². The largest absolute Gasteiger partial charge is 0.496 e. The zero-order chi connectivity index (χ0) is 19.9. The highest BCUT2D eigenvalue weighted by molar-refractivity contribution is 7.89. The van der Waals surface area contributed by atoms with Gasteiger partial charge in [-0.1, -0.05) is 30.3 Å². The number of carbonyl (C=O) groups excluding carboxylic acids is 2. The summed E-state index contributed by atoms with van der Waals surface area (Å²) in [6, 6.07) is 13.3. The first-order valence-corrected chi connectivity index (χ1v) is 10.2. The maximum atomic E-state index is 12.0. The van der Waals surface area contributed by atoms with Gasteiger partial charge in [-0.15, -0.1) is 0 Å². The number of nitrogens with one attached hydrogen (secondary N) is 1. The molecule has 0 bridgehead atoms. The van der Waals surface area contributed by atoms with Gasteiger partial charge in [0.25, 0.3) is 5.91 Å². The SMILES string of the molecule is COc1ccccc1CNC(=O)COC(=O)c1ccc(CS(C)(=O)=O)cc1. The Morgan fingerprint density at radius 1 is 1.04 bits per heavy atom. The van der Waals surface area contributed by atoms with Crippen LogP contribution in [0.4, 0.5) is 0 Å². The number of ether oxygens (including phenoxy) is 2. The number of sulfone groups is 1. The first-order valence-electron chi connectivity index (χ1n) is 8.11. The van der Waals surface area contributed by atoms with Crippen LogP contribution >= 0.6 is 0 Å². The van der Waals surface area contributed by atoms with E-state index < -0.39 is 28.3 Å². The Morgan fingerprint density at radius 2 is 1.70 bits per heavy atom. The minimum Gasteiger partial charge on any atom is -0.496 e. The lowest BCUT2D eigenvalue weighted by molar-refractivity contribution is -0.124. The fourth-order valence-corrected chi connectivity index (χ4v) is 3.15. The van der Waals surface area contributed by atoms with Crippen molar-refractivity contribution < 1.29 is 27.5 Å². The molecule has 7 nitrogen and oxygen atoms in total. The van der Waals surface area contributed by atoms with Crippen molar-refractivity contribution in [3.63, 3.8) is 0 Å². The number of rotatable bonds is 8. The molecule has 0 unspecified atom stereocenters. The average Bonchev–Trinajstić information content (AvgIpc) is 2.64. The van der Waals surface area contributed by atoms with Crippen LogP contribution in [0, 0.1) is 0 Å². The van der Waals surface area contributed by atoms with E-state index in [4.69, 9.17) is 9.47 Å². The second-order valence-corrected chi connectivity index (χ2v) is 8.07. The van der Waals surface area contributed by atoms with Crippen LogP contribution in [0.2, 0.25) is 0 Å². The highest BCUT2D eigenvalue weighted by atomic mass is 32.2. The zero-order valence-electron chi connectivity index (χ0n) is 15.1. The lowest BCUT2D eigenvalue weighted by Crippen LogP contribution is -2.28. The third kappa shape index (κ3) is 6.74. The van der Waals surface area contributed by atoms with Gasteiger partial charge in [0.1, 0.15) is 5.75 Å². The summed E-state index contributed by atoms with van der Waals surface area (Å²) in [5.41, 5.74) is 1.62. The van der Waals surface area contributed by atoms with Crippen molar-refractivity contribution in [1.82, 2.24) is 5.32 Å². The molecule has 27 heavy (non-hydrogen) atoms. The topological polar surface area (TPSA) is 98.8 Å². The molecule has 0 aliphatic carbocycles. The summed E-state index contributed by atoms with van der Waals surface area (Å²) < 4.78 is 32.7. The van der Waals surface area contributed by atoms with Gasteiger partial charge in [0.2, 0.25) is 0 Å². The molecule has 8 heteroatoms. The van der Waals surface area contributed by atoms with Gasteiger partial charge in [0, 0.05) is 18.4 Å². The van der Waals surface area contributed by atoms with Gasteiger partial charge in [-0.2, -0.15) is 0 Å². The monoisotopic (exact) mass is 391 g/mol. The molecular formula is C19H21NO6S. The standard InChI is InChI=1S/C19H21NO6S/c1-25-17-6-4-3-5-16(17)11-20-18(21)12-26-19(22)15-9-7-14(8-10-15)13-27(2,23)24/h3-10H,11-13H2,1-2H3,(H,20,21). The number of amides is 1. The molecule has 0 heterocycles. The van der Waals surface area contributed by atoms with E-state index in [2.05, 4.69) is 5.32 Å². The van der Waals surface area contributed by atoms with Crippen LogP contribution in [-0.2, 0) is 31.7 Å². The number of carbonyl (C=O) groups is 2. The number of benzene rings is 2. The smallest absolute Gasteiger partial charge is 0.338 e. The number of hydrogen-bond donors (Lipinski definition) is 1. The molecule has 0 aromatic heterocycles.